The first-order valence-electron chi connectivity index (χ1n) is 10.2. The van der Waals surface area contributed by atoms with Gasteiger partial charge in [0.25, 0.3) is 0 Å². The molecule has 3 rings (SSSR count). The second kappa shape index (κ2) is 9.16. The van der Waals surface area contributed by atoms with Gasteiger partial charge in [0.15, 0.2) is 0 Å². The number of carbonyl (C=O) groups excluding carboxylic acids is 2. The van der Waals surface area contributed by atoms with Crippen LogP contribution in [0.15, 0.2) is 54.6 Å². The van der Waals surface area contributed by atoms with Crippen LogP contribution in [0.3, 0.4) is 0 Å². The zero-order chi connectivity index (χ0) is 21.7. The van der Waals surface area contributed by atoms with E-state index in [1.807, 2.05) is 70.2 Å². The first-order valence-corrected chi connectivity index (χ1v) is 10.2. The molecule has 0 aliphatic carbocycles. The van der Waals surface area contributed by atoms with E-state index >= 15 is 0 Å². The normalized spacial score (nSPS) is 14.1. The Morgan fingerprint density at radius 2 is 1.80 bits per heavy atom. The predicted octanol–water partition coefficient (Wildman–Crippen LogP) is 5.13. The number of ether oxygens (including phenoxy) is 2. The van der Waals surface area contributed by atoms with Crippen LogP contribution in [-0.2, 0) is 33.8 Å². The standard InChI is InChI=1S/C25H29NO4/c1-18(14-23(27)30-25(2,3)4)20-10-11-22-16-26(13-12-21(22)15-20)24(28)29-17-19-8-6-5-7-9-19/h5-11,14-15H,12-13,16-17H2,1-4H3. The molecule has 1 heterocycles. The number of benzene rings is 2. The van der Waals surface area contributed by atoms with Crippen molar-refractivity contribution in [2.75, 3.05) is 6.54 Å². The third kappa shape index (κ3) is 5.96. The van der Waals surface area contributed by atoms with Crippen molar-refractivity contribution in [1.82, 2.24) is 4.90 Å². The molecule has 158 valence electrons. The highest BCUT2D eigenvalue weighted by atomic mass is 16.6. The lowest BCUT2D eigenvalue weighted by Gasteiger charge is -2.28. The zero-order valence-electron chi connectivity index (χ0n) is 18.1. The monoisotopic (exact) mass is 407 g/mol. The minimum atomic E-state index is -0.512. The van der Waals surface area contributed by atoms with Gasteiger partial charge in [0.1, 0.15) is 12.2 Å². The Bertz CT molecular complexity index is 941. The van der Waals surface area contributed by atoms with Crippen LogP contribution in [0, 0.1) is 0 Å². The highest BCUT2D eigenvalue weighted by molar-refractivity contribution is 5.91. The van der Waals surface area contributed by atoms with E-state index in [-0.39, 0.29) is 18.7 Å². The van der Waals surface area contributed by atoms with Gasteiger partial charge in [-0.2, -0.15) is 0 Å². The zero-order valence-corrected chi connectivity index (χ0v) is 18.1. The quantitative estimate of drug-likeness (QED) is 0.521. The molecule has 5 heteroatoms. The second-order valence-corrected chi connectivity index (χ2v) is 8.56. The molecule has 30 heavy (non-hydrogen) atoms. The van der Waals surface area contributed by atoms with Gasteiger partial charge in [-0.25, -0.2) is 9.59 Å². The number of fused-ring (bicyclic) bond motifs is 1. The van der Waals surface area contributed by atoms with Crippen molar-refractivity contribution in [2.24, 2.45) is 0 Å². The molecule has 5 nitrogen and oxygen atoms in total. The fourth-order valence-electron chi connectivity index (χ4n) is 3.36. The smallest absolute Gasteiger partial charge is 0.410 e. The van der Waals surface area contributed by atoms with Crippen LogP contribution in [0.4, 0.5) is 4.79 Å². The minimum Gasteiger partial charge on any atom is -0.457 e. The summed E-state index contributed by atoms with van der Waals surface area (Å²) in [5, 5.41) is 0. The summed E-state index contributed by atoms with van der Waals surface area (Å²) in [6.45, 7) is 8.87. The Kier molecular flexibility index (Phi) is 6.60. The SMILES string of the molecule is CC(=CC(=O)OC(C)(C)C)c1ccc2c(c1)CCN(C(=O)OCc1ccccc1)C2. The summed E-state index contributed by atoms with van der Waals surface area (Å²) in [5.41, 5.74) is 4.60. The molecule has 0 atom stereocenters. The summed E-state index contributed by atoms with van der Waals surface area (Å²) >= 11 is 0. The molecule has 0 saturated carbocycles. The maximum Gasteiger partial charge on any atom is 0.410 e. The van der Waals surface area contributed by atoms with E-state index < -0.39 is 5.60 Å². The van der Waals surface area contributed by atoms with Gasteiger partial charge in [0.05, 0.1) is 0 Å². The first-order chi connectivity index (χ1) is 14.2. The fraction of sp³-hybridized carbons (Fsp3) is 0.360. The minimum absolute atomic E-state index is 0.274. The van der Waals surface area contributed by atoms with Crippen molar-refractivity contribution in [2.45, 2.75) is 52.9 Å². The van der Waals surface area contributed by atoms with E-state index in [0.29, 0.717) is 13.1 Å². The molecule has 0 saturated heterocycles. The van der Waals surface area contributed by atoms with Crippen molar-refractivity contribution in [3.05, 3.63) is 76.9 Å². The summed E-state index contributed by atoms with van der Waals surface area (Å²) in [6, 6.07) is 15.8. The van der Waals surface area contributed by atoms with Gasteiger partial charge in [0, 0.05) is 19.2 Å². The molecule has 2 aromatic carbocycles. The molecule has 0 bridgehead atoms. The highest BCUT2D eigenvalue weighted by Gasteiger charge is 2.22. The van der Waals surface area contributed by atoms with Gasteiger partial charge >= 0.3 is 12.1 Å². The number of hydrogen-bond acceptors (Lipinski definition) is 4. The van der Waals surface area contributed by atoms with E-state index in [1.165, 1.54) is 11.6 Å². The van der Waals surface area contributed by atoms with E-state index in [1.54, 1.807) is 4.90 Å². The lowest BCUT2D eigenvalue weighted by atomic mass is 9.95. The first kappa shape index (κ1) is 21.6. The maximum atomic E-state index is 12.4. The second-order valence-electron chi connectivity index (χ2n) is 8.56. The topological polar surface area (TPSA) is 55.8 Å². The van der Waals surface area contributed by atoms with Gasteiger partial charge in [-0.3, -0.25) is 0 Å². The lowest BCUT2D eigenvalue weighted by molar-refractivity contribution is -0.148. The van der Waals surface area contributed by atoms with Crippen molar-refractivity contribution in [1.29, 1.82) is 0 Å². The molecule has 1 aliphatic heterocycles. The van der Waals surface area contributed by atoms with Crippen LogP contribution in [0.25, 0.3) is 5.57 Å². The number of allylic oxidation sites excluding steroid dienone is 1. The fourth-order valence-corrected chi connectivity index (χ4v) is 3.36. The number of hydrogen-bond donors (Lipinski definition) is 0. The van der Waals surface area contributed by atoms with Crippen LogP contribution < -0.4 is 0 Å². The maximum absolute atomic E-state index is 12.4. The van der Waals surface area contributed by atoms with Gasteiger partial charge < -0.3 is 14.4 Å². The van der Waals surface area contributed by atoms with E-state index in [2.05, 4.69) is 6.07 Å². The third-order valence-corrected chi connectivity index (χ3v) is 4.88. The number of amides is 1. The lowest BCUT2D eigenvalue weighted by Crippen LogP contribution is -2.36. The summed E-state index contributed by atoms with van der Waals surface area (Å²) in [5.74, 6) is -0.343. The molecule has 0 aromatic heterocycles. The van der Waals surface area contributed by atoms with Gasteiger partial charge in [0.2, 0.25) is 0 Å². The molecule has 0 spiro atoms. The number of esters is 1. The largest absolute Gasteiger partial charge is 0.457 e. The number of rotatable bonds is 4. The molecule has 0 radical (unpaired) electrons. The van der Waals surface area contributed by atoms with Crippen LogP contribution in [0.5, 0.6) is 0 Å². The van der Waals surface area contributed by atoms with Crippen LogP contribution in [0.2, 0.25) is 0 Å². The Morgan fingerprint density at radius 3 is 2.50 bits per heavy atom. The molecule has 0 fully saturated rings. The van der Waals surface area contributed by atoms with Crippen molar-refractivity contribution in [3.63, 3.8) is 0 Å². The highest BCUT2D eigenvalue weighted by Crippen LogP contribution is 2.25. The van der Waals surface area contributed by atoms with Crippen LogP contribution in [-0.4, -0.2) is 29.1 Å². The molecular formula is C25H29NO4. The van der Waals surface area contributed by atoms with Crippen LogP contribution >= 0.6 is 0 Å². The molecule has 1 amide bonds. The van der Waals surface area contributed by atoms with Gasteiger partial charge in [-0.15, -0.1) is 0 Å². The summed E-state index contributed by atoms with van der Waals surface area (Å²) < 4.78 is 10.8. The van der Waals surface area contributed by atoms with Gasteiger partial charge in [-0.1, -0.05) is 48.5 Å². The Labute approximate surface area is 178 Å². The van der Waals surface area contributed by atoms with E-state index in [0.717, 1.165) is 28.7 Å². The van der Waals surface area contributed by atoms with Gasteiger partial charge in [-0.05, 0) is 61.9 Å². The predicted molar refractivity (Wildman–Crippen MR) is 117 cm³/mol. The summed E-state index contributed by atoms with van der Waals surface area (Å²) in [7, 11) is 0. The molecule has 0 N–H and O–H groups in total. The molecule has 1 aliphatic rings. The summed E-state index contributed by atoms with van der Waals surface area (Å²) in [4.78, 5) is 26.2. The van der Waals surface area contributed by atoms with E-state index in [9.17, 15) is 9.59 Å². The van der Waals surface area contributed by atoms with E-state index in [4.69, 9.17) is 9.47 Å². The number of nitrogens with zero attached hydrogens (tertiary/aromatic N) is 1. The third-order valence-electron chi connectivity index (χ3n) is 4.88. The van der Waals surface area contributed by atoms with Crippen molar-refractivity contribution < 1.29 is 19.1 Å². The molecular weight excluding hydrogens is 378 g/mol. The Morgan fingerprint density at radius 1 is 1.07 bits per heavy atom. The van der Waals surface area contributed by atoms with Crippen molar-refractivity contribution in [3.8, 4) is 0 Å². The Hall–Kier alpha value is -3.08. The van der Waals surface area contributed by atoms with Crippen LogP contribution in [0.1, 0.15) is 49.9 Å². The Balaban J connectivity index is 1.62. The average molecular weight is 408 g/mol. The molecule has 2 aromatic rings. The average Bonchev–Trinajstić information content (AvgIpc) is 2.70. The number of carbonyl (C=O) groups is 2. The summed E-state index contributed by atoms with van der Waals surface area (Å²) in [6.07, 6.45) is 1.99. The van der Waals surface area contributed by atoms with Crippen molar-refractivity contribution >= 4 is 17.6 Å². The molecule has 0 unspecified atom stereocenters.